The van der Waals surface area contributed by atoms with Crippen molar-refractivity contribution in [3.05, 3.63) is 76.1 Å². The Morgan fingerprint density at radius 3 is 2.70 bits per heavy atom. The second kappa shape index (κ2) is 6.53. The van der Waals surface area contributed by atoms with Crippen LogP contribution in [0, 0.1) is 10.6 Å². The number of H-pyrrole nitrogens is 1. The molecule has 5 nitrogen and oxygen atoms in total. The molecular formula is C16H13FN4OS. The quantitative estimate of drug-likeness (QED) is 0.571. The first-order valence-corrected chi connectivity index (χ1v) is 7.27. The van der Waals surface area contributed by atoms with Gasteiger partial charge in [0.1, 0.15) is 11.6 Å². The smallest absolute Gasteiger partial charge is 0.216 e. The van der Waals surface area contributed by atoms with E-state index < -0.39 is 0 Å². The van der Waals surface area contributed by atoms with Crippen molar-refractivity contribution in [3.63, 3.8) is 0 Å². The summed E-state index contributed by atoms with van der Waals surface area (Å²) in [5, 5.41) is 20.9. The fourth-order valence-corrected chi connectivity index (χ4v) is 2.26. The lowest BCUT2D eigenvalue weighted by atomic mass is 10.1. The number of benzene rings is 2. The molecule has 2 aromatic carbocycles. The molecule has 1 heterocycles. The third-order valence-corrected chi connectivity index (χ3v) is 3.51. The van der Waals surface area contributed by atoms with Crippen LogP contribution in [0.15, 0.2) is 53.6 Å². The number of phenols is 1. The Balaban J connectivity index is 1.88. The van der Waals surface area contributed by atoms with E-state index in [0.29, 0.717) is 22.6 Å². The Kier molecular flexibility index (Phi) is 4.29. The Hall–Kier alpha value is -2.80. The Morgan fingerprint density at radius 1 is 1.22 bits per heavy atom. The fourth-order valence-electron chi connectivity index (χ4n) is 2.06. The lowest BCUT2D eigenvalue weighted by Gasteiger charge is -2.02. The first-order chi connectivity index (χ1) is 11.1. The van der Waals surface area contributed by atoms with E-state index in [1.165, 1.54) is 23.0 Å². The van der Waals surface area contributed by atoms with Crippen LogP contribution in [-0.4, -0.2) is 26.2 Å². The van der Waals surface area contributed by atoms with Crippen molar-refractivity contribution in [2.45, 2.75) is 6.42 Å². The molecule has 0 saturated carbocycles. The highest BCUT2D eigenvalue weighted by molar-refractivity contribution is 7.71. The van der Waals surface area contributed by atoms with E-state index in [4.69, 9.17) is 12.2 Å². The van der Waals surface area contributed by atoms with Crippen LogP contribution in [0.4, 0.5) is 4.39 Å². The predicted molar refractivity (Wildman–Crippen MR) is 87.7 cm³/mol. The average Bonchev–Trinajstić information content (AvgIpc) is 2.89. The molecule has 0 bridgehead atoms. The van der Waals surface area contributed by atoms with Gasteiger partial charge in [0, 0.05) is 12.0 Å². The van der Waals surface area contributed by atoms with Crippen LogP contribution in [0.1, 0.15) is 17.0 Å². The molecule has 0 aliphatic carbocycles. The summed E-state index contributed by atoms with van der Waals surface area (Å²) in [5.74, 6) is 0.435. The minimum atomic E-state index is -0.287. The summed E-state index contributed by atoms with van der Waals surface area (Å²) in [4.78, 5) is 0. The highest BCUT2D eigenvalue weighted by atomic mass is 32.1. The monoisotopic (exact) mass is 328 g/mol. The van der Waals surface area contributed by atoms with Crippen molar-refractivity contribution < 1.29 is 9.50 Å². The van der Waals surface area contributed by atoms with Crippen LogP contribution in [-0.2, 0) is 6.42 Å². The van der Waals surface area contributed by atoms with Gasteiger partial charge < -0.3 is 5.11 Å². The van der Waals surface area contributed by atoms with Crippen LogP contribution in [0.3, 0.4) is 0 Å². The van der Waals surface area contributed by atoms with Crippen LogP contribution < -0.4 is 0 Å². The molecule has 7 heteroatoms. The minimum Gasteiger partial charge on any atom is -0.507 e. The summed E-state index contributed by atoms with van der Waals surface area (Å²) in [6, 6.07) is 13.0. The van der Waals surface area contributed by atoms with Crippen molar-refractivity contribution in [2.24, 2.45) is 5.10 Å². The number of aromatic nitrogens is 3. The maximum absolute atomic E-state index is 13.0. The van der Waals surface area contributed by atoms with E-state index in [1.807, 2.05) is 0 Å². The second-order valence-electron chi connectivity index (χ2n) is 4.86. The number of aromatic amines is 1. The number of phenolic OH excluding ortho intramolecular Hbond substituents is 1. The minimum absolute atomic E-state index is 0.131. The van der Waals surface area contributed by atoms with E-state index in [1.54, 1.807) is 36.4 Å². The SMILES string of the molecule is Oc1ccccc1/C=N/n1c(Cc2ccc(F)cc2)n[nH]c1=S. The van der Waals surface area contributed by atoms with Gasteiger partial charge >= 0.3 is 0 Å². The number of aromatic hydroxyl groups is 1. The molecule has 116 valence electrons. The van der Waals surface area contributed by atoms with Crippen molar-refractivity contribution in [3.8, 4) is 5.75 Å². The third-order valence-electron chi connectivity index (χ3n) is 3.24. The Bertz CT molecular complexity index is 899. The first kappa shape index (κ1) is 15.1. The average molecular weight is 328 g/mol. The molecular weight excluding hydrogens is 315 g/mol. The topological polar surface area (TPSA) is 66.2 Å². The molecule has 0 spiro atoms. The largest absolute Gasteiger partial charge is 0.507 e. The van der Waals surface area contributed by atoms with Gasteiger partial charge in [0.05, 0.1) is 6.21 Å². The summed E-state index contributed by atoms with van der Waals surface area (Å²) in [5.41, 5.74) is 1.46. The summed E-state index contributed by atoms with van der Waals surface area (Å²) in [6.45, 7) is 0. The molecule has 0 amide bonds. The summed E-state index contributed by atoms with van der Waals surface area (Å²) in [6.07, 6.45) is 1.96. The molecule has 1 aromatic heterocycles. The van der Waals surface area contributed by atoms with Gasteiger partial charge in [-0.25, -0.2) is 4.39 Å². The lowest BCUT2D eigenvalue weighted by Crippen LogP contribution is -2.00. The molecule has 0 aliphatic rings. The second-order valence-corrected chi connectivity index (χ2v) is 5.25. The molecule has 23 heavy (non-hydrogen) atoms. The number of para-hydroxylation sites is 1. The highest BCUT2D eigenvalue weighted by Gasteiger charge is 2.07. The number of halogens is 1. The number of hydrogen-bond acceptors (Lipinski definition) is 4. The number of nitrogens with one attached hydrogen (secondary N) is 1. The van der Waals surface area contributed by atoms with Gasteiger partial charge in [-0.15, -0.1) is 0 Å². The third kappa shape index (κ3) is 3.51. The molecule has 0 unspecified atom stereocenters. The van der Waals surface area contributed by atoms with Gasteiger partial charge in [-0.05, 0) is 42.0 Å². The van der Waals surface area contributed by atoms with Crippen molar-refractivity contribution in [2.75, 3.05) is 0 Å². The van der Waals surface area contributed by atoms with Crippen molar-refractivity contribution in [1.82, 2.24) is 14.9 Å². The zero-order valence-electron chi connectivity index (χ0n) is 12.0. The molecule has 0 radical (unpaired) electrons. The maximum Gasteiger partial charge on any atom is 0.216 e. The predicted octanol–water partition coefficient (Wildman–Crippen LogP) is 3.26. The first-order valence-electron chi connectivity index (χ1n) is 6.86. The lowest BCUT2D eigenvalue weighted by molar-refractivity contribution is 0.474. The number of rotatable bonds is 4. The van der Waals surface area contributed by atoms with Gasteiger partial charge in [-0.3, -0.25) is 5.10 Å². The van der Waals surface area contributed by atoms with E-state index in [9.17, 15) is 9.50 Å². The van der Waals surface area contributed by atoms with E-state index in [2.05, 4.69) is 15.3 Å². The van der Waals surface area contributed by atoms with Gasteiger partial charge in [0.2, 0.25) is 4.77 Å². The van der Waals surface area contributed by atoms with Gasteiger partial charge in [-0.1, -0.05) is 24.3 Å². The number of hydrogen-bond donors (Lipinski definition) is 2. The molecule has 0 aliphatic heterocycles. The van der Waals surface area contributed by atoms with Gasteiger partial charge in [0.15, 0.2) is 5.82 Å². The van der Waals surface area contributed by atoms with E-state index in [-0.39, 0.29) is 11.6 Å². The molecule has 2 N–H and O–H groups in total. The van der Waals surface area contributed by atoms with Crippen LogP contribution in [0.5, 0.6) is 5.75 Å². The van der Waals surface area contributed by atoms with E-state index in [0.717, 1.165) is 5.56 Å². The fraction of sp³-hybridized carbons (Fsp3) is 0.0625. The van der Waals surface area contributed by atoms with Crippen molar-refractivity contribution >= 4 is 18.4 Å². The normalized spacial score (nSPS) is 11.2. The van der Waals surface area contributed by atoms with Crippen LogP contribution >= 0.6 is 12.2 Å². The summed E-state index contributed by atoms with van der Waals surface area (Å²) < 4.78 is 14.8. The van der Waals surface area contributed by atoms with Crippen LogP contribution in [0.2, 0.25) is 0 Å². The molecule has 3 aromatic rings. The van der Waals surface area contributed by atoms with Gasteiger partial charge in [0.25, 0.3) is 0 Å². The Morgan fingerprint density at radius 2 is 1.96 bits per heavy atom. The van der Waals surface area contributed by atoms with E-state index >= 15 is 0 Å². The summed E-state index contributed by atoms with van der Waals surface area (Å²) >= 11 is 5.17. The number of nitrogens with zero attached hydrogens (tertiary/aromatic N) is 3. The Labute approximate surface area is 136 Å². The standard InChI is InChI=1S/C16H13FN4OS/c17-13-7-5-11(6-8-13)9-15-19-20-16(23)21(15)18-10-12-3-1-2-4-14(12)22/h1-8,10,22H,9H2,(H,20,23)/b18-10+. The molecule has 0 atom stereocenters. The zero-order valence-corrected chi connectivity index (χ0v) is 12.8. The summed E-state index contributed by atoms with van der Waals surface area (Å²) in [7, 11) is 0. The van der Waals surface area contributed by atoms with Crippen LogP contribution in [0.25, 0.3) is 0 Å². The van der Waals surface area contributed by atoms with Gasteiger partial charge in [-0.2, -0.15) is 14.9 Å². The highest BCUT2D eigenvalue weighted by Crippen LogP contribution is 2.14. The molecule has 3 rings (SSSR count). The zero-order chi connectivity index (χ0) is 16.2. The van der Waals surface area contributed by atoms with Crippen molar-refractivity contribution in [1.29, 1.82) is 0 Å². The maximum atomic E-state index is 13.0. The molecule has 0 fully saturated rings. The molecule has 0 saturated heterocycles.